The van der Waals surface area contributed by atoms with Crippen molar-refractivity contribution in [3.8, 4) is 0 Å². The Hall–Kier alpha value is -0.660. The summed E-state index contributed by atoms with van der Waals surface area (Å²) in [6, 6.07) is -0.681. The molecule has 0 spiro atoms. The minimum absolute atomic E-state index is 0.162. The number of hydrogen-bond donors (Lipinski definition) is 2. The van der Waals surface area contributed by atoms with E-state index in [0.717, 1.165) is 6.26 Å². The monoisotopic (exact) mass is 236 g/mol. The molecule has 0 saturated carbocycles. The van der Waals surface area contributed by atoms with E-state index in [4.69, 9.17) is 5.11 Å². The quantitative estimate of drug-likeness (QED) is 0.662. The predicted molar refractivity (Wildman–Crippen MR) is 55.1 cm³/mol. The van der Waals surface area contributed by atoms with Crippen molar-refractivity contribution >= 4 is 16.0 Å². The van der Waals surface area contributed by atoms with E-state index < -0.39 is 22.0 Å². The van der Waals surface area contributed by atoms with Crippen LogP contribution in [0.15, 0.2) is 0 Å². The van der Waals surface area contributed by atoms with E-state index in [9.17, 15) is 13.2 Å². The van der Waals surface area contributed by atoms with Gasteiger partial charge in [0.1, 0.15) is 0 Å². The molecule has 1 fully saturated rings. The standard InChI is InChI=1S/C8H16N2O4S/c1-6-4-9-5-7(3-8(11)12)10(6)15(2,13)14/h6-7,9H,3-5H2,1-2H3,(H,11,12)/t6-,7-/m0/s1. The van der Waals surface area contributed by atoms with Crippen molar-refractivity contribution in [1.82, 2.24) is 9.62 Å². The van der Waals surface area contributed by atoms with Gasteiger partial charge in [-0.1, -0.05) is 0 Å². The van der Waals surface area contributed by atoms with Crippen LogP contribution in [0.25, 0.3) is 0 Å². The molecule has 1 aliphatic heterocycles. The number of carboxylic acids is 1. The summed E-state index contributed by atoms with van der Waals surface area (Å²) in [5, 5.41) is 11.7. The van der Waals surface area contributed by atoms with Gasteiger partial charge in [0.05, 0.1) is 12.7 Å². The summed E-state index contributed by atoms with van der Waals surface area (Å²) < 4.78 is 24.3. The first kappa shape index (κ1) is 12.4. The molecule has 15 heavy (non-hydrogen) atoms. The summed E-state index contributed by atoms with van der Waals surface area (Å²) >= 11 is 0. The number of carboxylic acid groups (broad SMARTS) is 1. The number of hydrogen-bond acceptors (Lipinski definition) is 4. The van der Waals surface area contributed by atoms with Crippen LogP contribution in [0.4, 0.5) is 0 Å². The van der Waals surface area contributed by atoms with Gasteiger partial charge in [0.15, 0.2) is 0 Å². The van der Waals surface area contributed by atoms with E-state index in [2.05, 4.69) is 5.32 Å². The average molecular weight is 236 g/mol. The zero-order valence-electron chi connectivity index (χ0n) is 8.80. The van der Waals surface area contributed by atoms with Crippen LogP contribution in [0.5, 0.6) is 0 Å². The molecule has 0 unspecified atom stereocenters. The summed E-state index contributed by atoms with van der Waals surface area (Å²) in [4.78, 5) is 10.6. The molecule has 1 aliphatic rings. The minimum atomic E-state index is -3.34. The molecule has 88 valence electrons. The molecule has 0 amide bonds. The van der Waals surface area contributed by atoms with Crippen LogP contribution in [0.3, 0.4) is 0 Å². The van der Waals surface area contributed by atoms with E-state index in [1.54, 1.807) is 6.92 Å². The van der Waals surface area contributed by atoms with Gasteiger partial charge in [-0.25, -0.2) is 8.42 Å². The number of piperazine rings is 1. The van der Waals surface area contributed by atoms with E-state index in [-0.39, 0.29) is 12.5 Å². The Kier molecular flexibility index (Phi) is 3.69. The van der Waals surface area contributed by atoms with Crippen LogP contribution in [0.1, 0.15) is 13.3 Å². The van der Waals surface area contributed by atoms with Crippen LogP contribution in [0.2, 0.25) is 0 Å². The fraction of sp³-hybridized carbons (Fsp3) is 0.875. The SMILES string of the molecule is C[C@H]1CNC[C@H](CC(=O)O)N1S(C)(=O)=O. The molecule has 0 aromatic carbocycles. The molecule has 2 atom stereocenters. The van der Waals surface area contributed by atoms with Gasteiger partial charge in [0.2, 0.25) is 10.0 Å². The Labute approximate surface area is 89.3 Å². The molecular formula is C8H16N2O4S. The topological polar surface area (TPSA) is 86.7 Å². The fourth-order valence-corrected chi connectivity index (χ4v) is 3.38. The largest absolute Gasteiger partial charge is 0.481 e. The summed E-state index contributed by atoms with van der Waals surface area (Å²) in [5.41, 5.74) is 0. The van der Waals surface area contributed by atoms with Gasteiger partial charge in [-0.05, 0) is 6.92 Å². The Bertz CT molecular complexity index is 341. The Morgan fingerprint density at radius 2 is 2.13 bits per heavy atom. The van der Waals surface area contributed by atoms with Crippen LogP contribution in [-0.2, 0) is 14.8 Å². The number of aliphatic carboxylic acids is 1. The maximum atomic E-state index is 11.5. The molecule has 0 aliphatic carbocycles. The van der Waals surface area contributed by atoms with E-state index in [1.165, 1.54) is 4.31 Å². The van der Waals surface area contributed by atoms with Gasteiger partial charge >= 0.3 is 5.97 Å². The van der Waals surface area contributed by atoms with Gasteiger partial charge in [0, 0.05) is 25.2 Å². The maximum Gasteiger partial charge on any atom is 0.305 e. The Morgan fingerprint density at radius 3 is 2.60 bits per heavy atom. The van der Waals surface area contributed by atoms with E-state index in [0.29, 0.717) is 13.1 Å². The smallest absolute Gasteiger partial charge is 0.305 e. The molecular weight excluding hydrogens is 220 g/mol. The average Bonchev–Trinajstić information content (AvgIpc) is 1.99. The van der Waals surface area contributed by atoms with E-state index in [1.807, 2.05) is 0 Å². The van der Waals surface area contributed by atoms with Crippen molar-refractivity contribution in [1.29, 1.82) is 0 Å². The van der Waals surface area contributed by atoms with Crippen molar-refractivity contribution in [3.05, 3.63) is 0 Å². The molecule has 6 nitrogen and oxygen atoms in total. The number of carbonyl (C=O) groups is 1. The summed E-state index contributed by atoms with van der Waals surface area (Å²) in [5.74, 6) is -0.982. The normalized spacial score (nSPS) is 28.9. The number of rotatable bonds is 3. The molecule has 2 N–H and O–H groups in total. The molecule has 0 radical (unpaired) electrons. The van der Waals surface area contributed by atoms with Crippen molar-refractivity contribution in [3.63, 3.8) is 0 Å². The summed E-state index contributed by atoms with van der Waals surface area (Å²) in [6.07, 6.45) is 0.952. The summed E-state index contributed by atoms with van der Waals surface area (Å²) in [6.45, 7) is 2.72. The van der Waals surface area contributed by atoms with Crippen molar-refractivity contribution in [2.45, 2.75) is 25.4 Å². The second kappa shape index (κ2) is 4.46. The minimum Gasteiger partial charge on any atom is -0.481 e. The van der Waals surface area contributed by atoms with Crippen LogP contribution >= 0.6 is 0 Å². The first-order chi connectivity index (χ1) is 6.82. The van der Waals surface area contributed by atoms with Crippen LogP contribution < -0.4 is 5.32 Å². The highest BCUT2D eigenvalue weighted by atomic mass is 32.2. The van der Waals surface area contributed by atoms with E-state index >= 15 is 0 Å². The molecule has 0 aromatic rings. The lowest BCUT2D eigenvalue weighted by Crippen LogP contribution is -2.58. The molecule has 0 aromatic heterocycles. The molecule has 0 bridgehead atoms. The third kappa shape index (κ3) is 3.15. The predicted octanol–water partition coefficient (Wildman–Crippen LogP) is -0.917. The third-order valence-electron chi connectivity index (χ3n) is 2.41. The zero-order chi connectivity index (χ0) is 11.6. The van der Waals surface area contributed by atoms with Crippen molar-refractivity contribution in [2.75, 3.05) is 19.3 Å². The second-order valence-corrected chi connectivity index (χ2v) is 5.74. The molecule has 1 heterocycles. The first-order valence-electron chi connectivity index (χ1n) is 4.73. The van der Waals surface area contributed by atoms with Crippen LogP contribution in [0, 0.1) is 0 Å². The molecule has 7 heteroatoms. The zero-order valence-corrected chi connectivity index (χ0v) is 9.62. The lowest BCUT2D eigenvalue weighted by Gasteiger charge is -2.38. The highest BCUT2D eigenvalue weighted by Gasteiger charge is 2.35. The fourth-order valence-electron chi connectivity index (χ4n) is 1.96. The van der Waals surface area contributed by atoms with Gasteiger partial charge in [-0.2, -0.15) is 4.31 Å². The van der Waals surface area contributed by atoms with Crippen molar-refractivity contribution < 1.29 is 18.3 Å². The number of nitrogens with zero attached hydrogens (tertiary/aromatic N) is 1. The lowest BCUT2D eigenvalue weighted by molar-refractivity contribution is -0.138. The second-order valence-electron chi connectivity index (χ2n) is 3.85. The highest BCUT2D eigenvalue weighted by molar-refractivity contribution is 7.88. The van der Waals surface area contributed by atoms with Crippen molar-refractivity contribution in [2.24, 2.45) is 0 Å². The number of sulfonamides is 1. The van der Waals surface area contributed by atoms with Gasteiger partial charge in [0.25, 0.3) is 0 Å². The Balaban J connectivity index is 2.87. The van der Waals surface area contributed by atoms with Crippen LogP contribution in [-0.4, -0.2) is 55.2 Å². The number of nitrogens with one attached hydrogen (secondary N) is 1. The highest BCUT2D eigenvalue weighted by Crippen LogP contribution is 2.16. The molecule has 1 rings (SSSR count). The molecule has 1 saturated heterocycles. The van der Waals surface area contributed by atoms with Gasteiger partial charge in [-0.3, -0.25) is 4.79 Å². The van der Waals surface area contributed by atoms with Gasteiger partial charge < -0.3 is 10.4 Å². The maximum absolute atomic E-state index is 11.5. The van der Waals surface area contributed by atoms with Gasteiger partial charge in [-0.15, -0.1) is 0 Å². The first-order valence-corrected chi connectivity index (χ1v) is 6.58. The third-order valence-corrected chi connectivity index (χ3v) is 3.83. The Morgan fingerprint density at radius 1 is 1.53 bits per heavy atom. The lowest BCUT2D eigenvalue weighted by atomic mass is 10.1. The summed E-state index contributed by atoms with van der Waals surface area (Å²) in [7, 11) is -3.34.